The van der Waals surface area contributed by atoms with Crippen molar-refractivity contribution in [3.8, 4) is 0 Å². The number of allylic oxidation sites excluding steroid dienone is 1. The third-order valence-corrected chi connectivity index (χ3v) is 3.82. The summed E-state index contributed by atoms with van der Waals surface area (Å²) < 4.78 is 0. The van der Waals surface area contributed by atoms with E-state index in [1.165, 1.54) is 45.2 Å². The minimum absolute atomic E-state index is 0.914. The van der Waals surface area contributed by atoms with E-state index in [-0.39, 0.29) is 0 Å². The maximum Gasteiger partial charge on any atom is 0.0192 e. The number of fused-ring (bicyclic) bond motifs is 1. The number of rotatable bonds is 0. The molecule has 2 unspecified atom stereocenters. The van der Waals surface area contributed by atoms with Crippen LogP contribution < -0.4 is 0 Å². The lowest BCUT2D eigenvalue weighted by Gasteiger charge is -2.19. The highest BCUT2D eigenvalue weighted by Gasteiger charge is 2.23. The monoisotopic (exact) mass is 193 g/mol. The minimum atomic E-state index is 0.914. The van der Waals surface area contributed by atoms with Crippen LogP contribution in [0.5, 0.6) is 0 Å². The van der Waals surface area contributed by atoms with Crippen molar-refractivity contribution in [2.45, 2.75) is 39.0 Å². The molecule has 1 fully saturated rings. The number of likely N-dealkylation sites (tertiary alicyclic amines) is 1. The van der Waals surface area contributed by atoms with Crippen LogP contribution in [0.4, 0.5) is 0 Å². The maximum absolute atomic E-state index is 2.54. The molecule has 0 aromatic heterocycles. The minimum Gasteiger partial charge on any atom is -0.302 e. The highest BCUT2D eigenvalue weighted by molar-refractivity contribution is 5.12. The zero-order chi connectivity index (χ0) is 9.97. The smallest absolute Gasteiger partial charge is 0.0192 e. The van der Waals surface area contributed by atoms with Crippen LogP contribution in [0, 0.1) is 11.8 Å². The summed E-state index contributed by atoms with van der Waals surface area (Å²) in [6, 6.07) is 0. The van der Waals surface area contributed by atoms with Gasteiger partial charge in [-0.2, -0.15) is 0 Å². The average molecular weight is 193 g/mol. The molecule has 80 valence electrons. The Balaban J connectivity index is 2.09. The van der Waals surface area contributed by atoms with Crippen molar-refractivity contribution in [1.82, 2.24) is 4.90 Å². The summed E-state index contributed by atoms with van der Waals surface area (Å²) in [4.78, 5) is 2.49. The Morgan fingerprint density at radius 2 is 2.21 bits per heavy atom. The van der Waals surface area contributed by atoms with Crippen molar-refractivity contribution in [2.24, 2.45) is 11.8 Å². The lowest BCUT2D eigenvalue weighted by molar-refractivity contribution is 0.370. The summed E-state index contributed by atoms with van der Waals surface area (Å²) in [7, 11) is 2.26. The maximum atomic E-state index is 2.54. The molecule has 0 N–H and O–H groups in total. The van der Waals surface area contributed by atoms with Gasteiger partial charge in [0.05, 0.1) is 0 Å². The molecule has 1 heteroatoms. The second-order valence-electron chi connectivity index (χ2n) is 5.27. The summed E-state index contributed by atoms with van der Waals surface area (Å²) in [5.41, 5.74) is 1.74. The van der Waals surface area contributed by atoms with Crippen molar-refractivity contribution in [2.75, 3.05) is 20.1 Å². The highest BCUT2D eigenvalue weighted by atomic mass is 15.1. The second-order valence-corrected chi connectivity index (χ2v) is 5.27. The van der Waals surface area contributed by atoms with Gasteiger partial charge in [0.25, 0.3) is 0 Å². The second kappa shape index (κ2) is 4.48. The number of likely N-dealkylation sites (N-methyl/N-ethyl adjacent to an activating group) is 1. The van der Waals surface area contributed by atoms with E-state index in [1.54, 1.807) is 5.57 Å². The fourth-order valence-electron chi connectivity index (χ4n) is 2.97. The molecule has 0 aromatic rings. The van der Waals surface area contributed by atoms with Crippen LogP contribution in [-0.4, -0.2) is 25.0 Å². The van der Waals surface area contributed by atoms with Gasteiger partial charge in [0, 0.05) is 6.54 Å². The Kier molecular flexibility index (Phi) is 3.27. The predicted octanol–water partition coefficient (Wildman–Crippen LogP) is 3.07. The molecule has 1 nitrogen and oxygen atoms in total. The van der Waals surface area contributed by atoms with Crippen LogP contribution in [-0.2, 0) is 0 Å². The van der Waals surface area contributed by atoms with E-state index in [2.05, 4.69) is 24.9 Å². The molecule has 0 saturated carbocycles. The van der Waals surface area contributed by atoms with Gasteiger partial charge in [0.15, 0.2) is 0 Å². The van der Waals surface area contributed by atoms with E-state index in [0.717, 1.165) is 11.8 Å². The number of hydrogen-bond donors (Lipinski definition) is 0. The van der Waals surface area contributed by atoms with E-state index < -0.39 is 0 Å². The lowest BCUT2D eigenvalue weighted by atomic mass is 9.88. The van der Waals surface area contributed by atoms with Crippen LogP contribution in [0.1, 0.15) is 39.0 Å². The van der Waals surface area contributed by atoms with Crippen LogP contribution in [0.25, 0.3) is 0 Å². The SMILES string of the molecule is CC1CCC=C2CN(C)CCCC2C1. The van der Waals surface area contributed by atoms with Gasteiger partial charge in [-0.05, 0) is 57.5 Å². The van der Waals surface area contributed by atoms with Gasteiger partial charge in [-0.1, -0.05) is 18.6 Å². The van der Waals surface area contributed by atoms with Crippen molar-refractivity contribution < 1.29 is 0 Å². The summed E-state index contributed by atoms with van der Waals surface area (Å²) in [6.07, 6.45) is 9.53. The van der Waals surface area contributed by atoms with E-state index >= 15 is 0 Å². The quantitative estimate of drug-likeness (QED) is 0.534. The van der Waals surface area contributed by atoms with E-state index in [0.29, 0.717) is 0 Å². The molecule has 0 bridgehead atoms. The van der Waals surface area contributed by atoms with Gasteiger partial charge in [-0.3, -0.25) is 0 Å². The molecule has 2 aliphatic rings. The van der Waals surface area contributed by atoms with Crippen LogP contribution >= 0.6 is 0 Å². The Morgan fingerprint density at radius 3 is 3.07 bits per heavy atom. The Bertz CT molecular complexity index is 219. The summed E-state index contributed by atoms with van der Waals surface area (Å²) in [6.45, 7) is 4.95. The highest BCUT2D eigenvalue weighted by Crippen LogP contribution is 2.33. The van der Waals surface area contributed by atoms with Gasteiger partial charge < -0.3 is 4.90 Å². The van der Waals surface area contributed by atoms with Crippen molar-refractivity contribution in [3.63, 3.8) is 0 Å². The predicted molar refractivity (Wildman–Crippen MR) is 61.3 cm³/mol. The molecule has 0 aromatic carbocycles. The summed E-state index contributed by atoms with van der Waals surface area (Å²) in [5, 5.41) is 0. The normalized spacial score (nSPS) is 35.4. The molecular formula is C13H23N. The van der Waals surface area contributed by atoms with Crippen molar-refractivity contribution in [1.29, 1.82) is 0 Å². The zero-order valence-electron chi connectivity index (χ0n) is 9.63. The molecule has 0 radical (unpaired) electrons. The Hall–Kier alpha value is -0.300. The largest absolute Gasteiger partial charge is 0.302 e. The van der Waals surface area contributed by atoms with Crippen LogP contribution in [0.3, 0.4) is 0 Å². The Labute approximate surface area is 88.2 Å². The van der Waals surface area contributed by atoms with E-state index in [4.69, 9.17) is 0 Å². The topological polar surface area (TPSA) is 3.24 Å². The first-order valence-corrected chi connectivity index (χ1v) is 6.13. The zero-order valence-corrected chi connectivity index (χ0v) is 9.63. The average Bonchev–Trinajstić information content (AvgIpc) is 2.37. The van der Waals surface area contributed by atoms with Gasteiger partial charge in [-0.15, -0.1) is 0 Å². The third-order valence-electron chi connectivity index (χ3n) is 3.82. The van der Waals surface area contributed by atoms with E-state index in [9.17, 15) is 0 Å². The first-order valence-electron chi connectivity index (χ1n) is 6.13. The number of hydrogen-bond acceptors (Lipinski definition) is 1. The molecule has 0 spiro atoms. The molecule has 0 amide bonds. The van der Waals surface area contributed by atoms with Gasteiger partial charge in [-0.25, -0.2) is 0 Å². The molecule has 2 atom stereocenters. The molecule has 2 rings (SSSR count). The number of nitrogens with zero attached hydrogens (tertiary/aromatic N) is 1. The molecule has 1 aliphatic carbocycles. The van der Waals surface area contributed by atoms with Crippen LogP contribution in [0.15, 0.2) is 11.6 Å². The third kappa shape index (κ3) is 2.38. The molecule has 1 saturated heterocycles. The fraction of sp³-hybridized carbons (Fsp3) is 0.846. The van der Waals surface area contributed by atoms with Crippen molar-refractivity contribution in [3.05, 3.63) is 11.6 Å². The molecular weight excluding hydrogens is 170 g/mol. The van der Waals surface area contributed by atoms with Gasteiger partial charge in [0.1, 0.15) is 0 Å². The van der Waals surface area contributed by atoms with Gasteiger partial charge in [0.2, 0.25) is 0 Å². The molecule has 14 heavy (non-hydrogen) atoms. The fourth-order valence-corrected chi connectivity index (χ4v) is 2.97. The van der Waals surface area contributed by atoms with E-state index in [1.807, 2.05) is 0 Å². The van der Waals surface area contributed by atoms with Crippen LogP contribution in [0.2, 0.25) is 0 Å². The standard InChI is InChI=1S/C13H23N/c1-11-5-3-6-13-10-14(2)8-4-7-12(13)9-11/h6,11-12H,3-5,7-10H2,1-2H3. The first kappa shape index (κ1) is 10.2. The summed E-state index contributed by atoms with van der Waals surface area (Å²) >= 11 is 0. The van der Waals surface area contributed by atoms with Crippen molar-refractivity contribution >= 4 is 0 Å². The molecule has 1 heterocycles. The Morgan fingerprint density at radius 1 is 1.36 bits per heavy atom. The first-order chi connectivity index (χ1) is 6.75. The summed E-state index contributed by atoms with van der Waals surface area (Å²) in [5.74, 6) is 1.86. The molecule has 1 aliphatic heterocycles. The van der Waals surface area contributed by atoms with Gasteiger partial charge >= 0.3 is 0 Å². The lowest BCUT2D eigenvalue weighted by Crippen LogP contribution is -2.20.